The molecule has 0 fully saturated rings. The van der Waals surface area contributed by atoms with Crippen LogP contribution in [0.2, 0.25) is 0 Å². The zero-order valence-electron chi connectivity index (χ0n) is 11.6. The maximum Gasteiger partial charge on any atom is 0.329 e. The molecule has 1 rings (SSSR count). The minimum atomic E-state index is -0.829. The van der Waals surface area contributed by atoms with Crippen molar-refractivity contribution in [3.05, 3.63) is 23.8 Å². The number of nitrogens with zero attached hydrogens (tertiary/aromatic N) is 1. The van der Waals surface area contributed by atoms with E-state index in [4.69, 9.17) is 9.47 Å². The molecule has 0 atom stereocenters. The average molecular weight is 279 g/mol. The van der Waals surface area contributed by atoms with Gasteiger partial charge in [-0.2, -0.15) is 5.10 Å². The maximum atomic E-state index is 11.3. The van der Waals surface area contributed by atoms with E-state index in [0.29, 0.717) is 23.6 Å². The molecular formula is C13H17N3O4. The third-order valence-corrected chi connectivity index (χ3v) is 2.35. The molecule has 0 saturated heterocycles. The van der Waals surface area contributed by atoms with Crippen molar-refractivity contribution in [1.82, 2.24) is 10.7 Å². The molecule has 2 amide bonds. The summed E-state index contributed by atoms with van der Waals surface area (Å²) in [7, 11) is 3.06. The summed E-state index contributed by atoms with van der Waals surface area (Å²) in [5, 5.41) is 6.07. The highest BCUT2D eigenvalue weighted by molar-refractivity contribution is 6.35. The Bertz CT molecular complexity index is 514. The van der Waals surface area contributed by atoms with Crippen LogP contribution in [-0.4, -0.2) is 38.8 Å². The Morgan fingerprint density at radius 3 is 2.60 bits per heavy atom. The first-order valence-corrected chi connectivity index (χ1v) is 5.95. The molecule has 0 aromatic heterocycles. The van der Waals surface area contributed by atoms with Crippen LogP contribution >= 0.6 is 0 Å². The van der Waals surface area contributed by atoms with Gasteiger partial charge in [-0.3, -0.25) is 9.59 Å². The van der Waals surface area contributed by atoms with Crippen LogP contribution in [0.25, 0.3) is 0 Å². The molecule has 108 valence electrons. The Morgan fingerprint density at radius 1 is 1.25 bits per heavy atom. The number of nitrogens with one attached hydrogen (secondary N) is 2. The zero-order chi connectivity index (χ0) is 15.0. The summed E-state index contributed by atoms with van der Waals surface area (Å²) >= 11 is 0. The van der Waals surface area contributed by atoms with E-state index in [1.165, 1.54) is 13.3 Å². The van der Waals surface area contributed by atoms with E-state index in [1.54, 1.807) is 32.2 Å². The molecule has 20 heavy (non-hydrogen) atoms. The highest BCUT2D eigenvalue weighted by atomic mass is 16.5. The fraction of sp³-hybridized carbons (Fsp3) is 0.308. The lowest BCUT2D eigenvalue weighted by Crippen LogP contribution is -2.37. The SMILES string of the molecule is CCNC(=O)C(=O)N/N=C\c1cc(OC)ccc1OC. The molecule has 0 heterocycles. The van der Waals surface area contributed by atoms with Crippen molar-refractivity contribution in [1.29, 1.82) is 0 Å². The predicted molar refractivity (Wildman–Crippen MR) is 74.0 cm³/mol. The Balaban J connectivity index is 2.74. The van der Waals surface area contributed by atoms with Crippen molar-refractivity contribution >= 4 is 18.0 Å². The Hall–Kier alpha value is -2.57. The van der Waals surface area contributed by atoms with E-state index >= 15 is 0 Å². The van der Waals surface area contributed by atoms with Gasteiger partial charge in [0.15, 0.2) is 0 Å². The topological polar surface area (TPSA) is 89.0 Å². The zero-order valence-corrected chi connectivity index (χ0v) is 11.6. The lowest BCUT2D eigenvalue weighted by molar-refractivity contribution is -0.139. The number of ether oxygens (including phenoxy) is 2. The van der Waals surface area contributed by atoms with E-state index in [1.807, 2.05) is 0 Å². The van der Waals surface area contributed by atoms with Gasteiger partial charge in [-0.15, -0.1) is 0 Å². The number of amides is 2. The first-order chi connectivity index (χ1) is 9.62. The van der Waals surface area contributed by atoms with Crippen LogP contribution in [0.15, 0.2) is 23.3 Å². The number of methoxy groups -OCH3 is 2. The summed E-state index contributed by atoms with van der Waals surface area (Å²) in [5.41, 5.74) is 2.74. The average Bonchev–Trinajstić information content (AvgIpc) is 2.47. The largest absolute Gasteiger partial charge is 0.497 e. The number of hydrogen-bond acceptors (Lipinski definition) is 5. The van der Waals surface area contributed by atoms with Crippen LogP contribution in [0.4, 0.5) is 0 Å². The summed E-state index contributed by atoms with van der Waals surface area (Å²) in [5.74, 6) is -0.365. The van der Waals surface area contributed by atoms with Crippen LogP contribution in [0.3, 0.4) is 0 Å². The smallest absolute Gasteiger partial charge is 0.329 e. The van der Waals surface area contributed by atoms with Crippen molar-refractivity contribution in [3.8, 4) is 11.5 Å². The lowest BCUT2D eigenvalue weighted by atomic mass is 10.2. The second-order valence-corrected chi connectivity index (χ2v) is 3.67. The second kappa shape index (κ2) is 7.78. The van der Waals surface area contributed by atoms with Crippen molar-refractivity contribution < 1.29 is 19.1 Å². The van der Waals surface area contributed by atoms with Gasteiger partial charge in [0, 0.05) is 12.1 Å². The Morgan fingerprint density at radius 2 is 2.00 bits per heavy atom. The van der Waals surface area contributed by atoms with Crippen LogP contribution < -0.4 is 20.2 Å². The summed E-state index contributed by atoms with van der Waals surface area (Å²) in [6.07, 6.45) is 1.37. The molecule has 0 saturated carbocycles. The van der Waals surface area contributed by atoms with E-state index in [9.17, 15) is 9.59 Å². The van der Waals surface area contributed by atoms with Crippen molar-refractivity contribution in [2.75, 3.05) is 20.8 Å². The lowest BCUT2D eigenvalue weighted by Gasteiger charge is -2.06. The minimum absolute atomic E-state index is 0.375. The van der Waals surface area contributed by atoms with E-state index in [0.717, 1.165) is 0 Å². The predicted octanol–water partition coefficient (Wildman–Crippen LogP) is 0.290. The molecule has 7 nitrogen and oxygen atoms in total. The summed E-state index contributed by atoms with van der Waals surface area (Å²) in [4.78, 5) is 22.5. The molecule has 0 aliphatic carbocycles. The fourth-order valence-corrected chi connectivity index (χ4v) is 1.39. The highest BCUT2D eigenvalue weighted by Gasteiger charge is 2.10. The fourth-order valence-electron chi connectivity index (χ4n) is 1.39. The molecule has 1 aromatic rings. The summed E-state index contributed by atoms with van der Waals surface area (Å²) in [6.45, 7) is 2.09. The first-order valence-electron chi connectivity index (χ1n) is 5.95. The molecule has 1 aromatic carbocycles. The Kier molecular flexibility index (Phi) is 6.02. The van der Waals surface area contributed by atoms with Crippen LogP contribution in [0.5, 0.6) is 11.5 Å². The monoisotopic (exact) mass is 279 g/mol. The van der Waals surface area contributed by atoms with E-state index in [2.05, 4.69) is 15.8 Å². The second-order valence-electron chi connectivity index (χ2n) is 3.67. The molecule has 0 aliphatic rings. The molecule has 0 unspecified atom stereocenters. The summed E-state index contributed by atoms with van der Waals surface area (Å²) in [6, 6.07) is 5.15. The molecule has 2 N–H and O–H groups in total. The van der Waals surface area contributed by atoms with Gasteiger partial charge >= 0.3 is 11.8 Å². The molecule has 7 heteroatoms. The van der Waals surface area contributed by atoms with Gasteiger partial charge in [0.25, 0.3) is 0 Å². The van der Waals surface area contributed by atoms with Gasteiger partial charge in [0.1, 0.15) is 11.5 Å². The van der Waals surface area contributed by atoms with Crippen LogP contribution in [0, 0.1) is 0 Å². The number of carbonyl (C=O) groups is 2. The quantitative estimate of drug-likeness (QED) is 0.460. The molecule has 0 bridgehead atoms. The number of carbonyl (C=O) groups excluding carboxylic acids is 2. The first kappa shape index (κ1) is 15.5. The molecule has 0 spiro atoms. The number of rotatable bonds is 5. The number of benzene rings is 1. The van der Waals surface area contributed by atoms with Gasteiger partial charge in [0.2, 0.25) is 0 Å². The normalized spacial score (nSPS) is 10.2. The highest BCUT2D eigenvalue weighted by Crippen LogP contribution is 2.22. The van der Waals surface area contributed by atoms with Gasteiger partial charge in [0.05, 0.1) is 20.4 Å². The summed E-state index contributed by atoms with van der Waals surface area (Å²) < 4.78 is 10.2. The Labute approximate surface area is 117 Å². The third kappa shape index (κ3) is 4.27. The van der Waals surface area contributed by atoms with Gasteiger partial charge in [-0.1, -0.05) is 0 Å². The molecular weight excluding hydrogens is 262 g/mol. The standard InChI is InChI=1S/C13H17N3O4/c1-4-14-12(17)13(18)16-15-8-9-7-10(19-2)5-6-11(9)20-3/h5-8H,4H2,1-3H3,(H,14,17)(H,16,18)/b15-8-. The molecule has 0 aliphatic heterocycles. The maximum absolute atomic E-state index is 11.3. The minimum Gasteiger partial charge on any atom is -0.497 e. The van der Waals surface area contributed by atoms with Crippen LogP contribution in [0.1, 0.15) is 12.5 Å². The van der Waals surface area contributed by atoms with Crippen molar-refractivity contribution in [2.45, 2.75) is 6.92 Å². The number of hydrogen-bond donors (Lipinski definition) is 2. The van der Waals surface area contributed by atoms with Crippen molar-refractivity contribution in [3.63, 3.8) is 0 Å². The van der Waals surface area contributed by atoms with Gasteiger partial charge < -0.3 is 14.8 Å². The van der Waals surface area contributed by atoms with E-state index < -0.39 is 11.8 Å². The number of likely N-dealkylation sites (N-methyl/N-ethyl adjacent to an activating group) is 1. The van der Waals surface area contributed by atoms with Crippen molar-refractivity contribution in [2.24, 2.45) is 5.10 Å². The molecule has 0 radical (unpaired) electrons. The number of hydrazone groups is 1. The van der Waals surface area contributed by atoms with Gasteiger partial charge in [-0.05, 0) is 25.1 Å². The van der Waals surface area contributed by atoms with Crippen LogP contribution in [-0.2, 0) is 9.59 Å². The van der Waals surface area contributed by atoms with Gasteiger partial charge in [-0.25, -0.2) is 5.43 Å². The third-order valence-electron chi connectivity index (χ3n) is 2.35. The van der Waals surface area contributed by atoms with E-state index in [-0.39, 0.29) is 0 Å².